The van der Waals surface area contributed by atoms with Gasteiger partial charge in [-0.15, -0.1) is 22.7 Å². The second-order valence-corrected chi connectivity index (χ2v) is 15.2. The minimum Gasteiger partial charge on any atom is -0.313 e. The van der Waals surface area contributed by atoms with Gasteiger partial charge in [-0.2, -0.15) is 4.31 Å². The van der Waals surface area contributed by atoms with Gasteiger partial charge in [0.25, 0.3) is 5.91 Å². The zero-order valence-corrected chi connectivity index (χ0v) is 25.5. The number of carbonyl (C=O) groups is 1. The van der Waals surface area contributed by atoms with Crippen molar-refractivity contribution in [3.8, 4) is 10.6 Å². The summed E-state index contributed by atoms with van der Waals surface area (Å²) in [5.74, 6) is 0.0969. The van der Waals surface area contributed by atoms with E-state index in [-0.39, 0.29) is 10.8 Å². The van der Waals surface area contributed by atoms with Crippen LogP contribution in [0.5, 0.6) is 0 Å². The molecule has 0 spiro atoms. The number of nitrogens with zero attached hydrogens (tertiary/aromatic N) is 3. The Balaban J connectivity index is 1.30. The van der Waals surface area contributed by atoms with Crippen LogP contribution in [-0.4, -0.2) is 54.2 Å². The lowest BCUT2D eigenvalue weighted by atomic mass is 10.0. The Bertz CT molecular complexity index is 1620. The number of hydrogen-bond acceptors (Lipinski definition) is 7. The average molecular weight is 595 g/mol. The van der Waals surface area contributed by atoms with Gasteiger partial charge < -0.3 is 5.32 Å². The van der Waals surface area contributed by atoms with E-state index in [1.54, 1.807) is 51.2 Å². The molecule has 4 aromatic rings. The minimum atomic E-state index is -3.57. The zero-order valence-electron chi connectivity index (χ0n) is 23.0. The first-order valence-corrected chi connectivity index (χ1v) is 16.9. The monoisotopic (exact) mass is 594 g/mol. The number of anilines is 1. The number of piperidine rings is 1. The van der Waals surface area contributed by atoms with Gasteiger partial charge in [-0.3, -0.25) is 9.69 Å². The molecule has 2 aromatic heterocycles. The first-order valence-electron chi connectivity index (χ1n) is 13.9. The van der Waals surface area contributed by atoms with Crippen LogP contribution in [0.2, 0.25) is 0 Å². The highest BCUT2D eigenvalue weighted by atomic mass is 32.2. The van der Waals surface area contributed by atoms with Crippen molar-refractivity contribution in [2.75, 3.05) is 25.0 Å². The van der Waals surface area contributed by atoms with Crippen LogP contribution >= 0.6 is 22.7 Å². The van der Waals surface area contributed by atoms with Crippen LogP contribution in [0.15, 0.2) is 53.4 Å². The fraction of sp³-hybridized carbons (Fsp3) is 0.400. The molecule has 7 nitrogen and oxygen atoms in total. The van der Waals surface area contributed by atoms with Crippen molar-refractivity contribution in [1.29, 1.82) is 0 Å². The summed E-state index contributed by atoms with van der Waals surface area (Å²) >= 11 is 3.28. The molecule has 1 fully saturated rings. The Labute approximate surface area is 243 Å². The van der Waals surface area contributed by atoms with Crippen LogP contribution in [0.25, 0.3) is 20.8 Å². The van der Waals surface area contributed by atoms with Gasteiger partial charge in [0.2, 0.25) is 10.0 Å². The van der Waals surface area contributed by atoms with Crippen LogP contribution in [0, 0.1) is 5.92 Å². The molecular formula is C30H34N4O3S3. The fourth-order valence-corrected chi connectivity index (χ4v) is 9.60. The molecule has 1 saturated heterocycles. The molecule has 210 valence electrons. The molecule has 40 heavy (non-hydrogen) atoms. The molecule has 0 bridgehead atoms. The molecule has 1 N–H and O–H groups in total. The highest BCUT2D eigenvalue weighted by molar-refractivity contribution is 7.89. The summed E-state index contributed by atoms with van der Waals surface area (Å²) in [6.45, 7) is 9.42. The van der Waals surface area contributed by atoms with E-state index in [9.17, 15) is 13.2 Å². The lowest BCUT2D eigenvalue weighted by Crippen LogP contribution is -2.39. The van der Waals surface area contributed by atoms with Crippen molar-refractivity contribution >= 4 is 53.8 Å². The van der Waals surface area contributed by atoms with Crippen molar-refractivity contribution in [2.45, 2.75) is 57.5 Å². The summed E-state index contributed by atoms with van der Waals surface area (Å²) in [5, 5.41) is 4.89. The second-order valence-electron chi connectivity index (χ2n) is 11.1. The van der Waals surface area contributed by atoms with E-state index in [1.807, 2.05) is 18.2 Å². The SMILES string of the molecule is CC1CCCN(S(=O)(=O)c2ccc(C(=O)Nc3sc4c(c3-c3nc5ccccc5s3)CCN(C(C)C)C4)cc2)C1. The normalized spacial score (nSPS) is 18.8. The molecular weight excluding hydrogens is 561 g/mol. The van der Waals surface area contributed by atoms with Gasteiger partial charge in [0.05, 0.1) is 15.1 Å². The lowest BCUT2D eigenvalue weighted by Gasteiger charge is -2.30. The number of para-hydroxylation sites is 1. The third kappa shape index (κ3) is 5.23. The van der Waals surface area contributed by atoms with Gasteiger partial charge >= 0.3 is 0 Å². The number of sulfonamides is 1. The molecule has 0 aliphatic carbocycles. The number of thiophene rings is 1. The molecule has 1 atom stereocenters. The maximum atomic E-state index is 13.5. The molecule has 6 rings (SSSR count). The fourth-order valence-electron chi connectivity index (χ4n) is 5.62. The van der Waals surface area contributed by atoms with Crippen molar-refractivity contribution in [1.82, 2.24) is 14.2 Å². The van der Waals surface area contributed by atoms with Crippen LogP contribution in [-0.2, 0) is 23.0 Å². The number of benzene rings is 2. The third-order valence-electron chi connectivity index (χ3n) is 7.93. The first-order chi connectivity index (χ1) is 19.2. The maximum absolute atomic E-state index is 13.5. The number of nitrogens with one attached hydrogen (secondary N) is 1. The summed E-state index contributed by atoms with van der Waals surface area (Å²) in [5.41, 5.74) is 3.68. The largest absolute Gasteiger partial charge is 0.313 e. The number of rotatable bonds is 6. The number of hydrogen-bond donors (Lipinski definition) is 1. The lowest BCUT2D eigenvalue weighted by molar-refractivity contribution is 0.102. The summed E-state index contributed by atoms with van der Waals surface area (Å²) in [7, 11) is -3.57. The molecule has 4 heterocycles. The highest BCUT2D eigenvalue weighted by Crippen LogP contribution is 2.46. The predicted molar refractivity (Wildman–Crippen MR) is 164 cm³/mol. The van der Waals surface area contributed by atoms with Crippen LogP contribution in [0.4, 0.5) is 5.00 Å². The second kappa shape index (κ2) is 11.0. The standard InChI is InChI=1S/C30H34N4O3S3/c1-19(2)33-16-14-23-26(18-33)39-30(27(23)29-31-24-8-4-5-9-25(24)38-29)32-28(35)21-10-12-22(13-11-21)40(36,37)34-15-6-7-20(3)17-34/h4-5,8-13,19-20H,6-7,14-18H2,1-3H3,(H,32,35). The average Bonchev–Trinajstić information content (AvgIpc) is 3.53. The van der Waals surface area contributed by atoms with Gasteiger partial charge in [0.15, 0.2) is 0 Å². The topological polar surface area (TPSA) is 82.6 Å². The summed E-state index contributed by atoms with van der Waals surface area (Å²) in [6, 6.07) is 14.9. The van der Waals surface area contributed by atoms with E-state index in [2.05, 4.69) is 37.1 Å². The quantitative estimate of drug-likeness (QED) is 0.277. The van der Waals surface area contributed by atoms with Gasteiger partial charge in [-0.1, -0.05) is 19.1 Å². The first kappa shape index (κ1) is 27.5. The van der Waals surface area contributed by atoms with E-state index in [4.69, 9.17) is 4.98 Å². The summed E-state index contributed by atoms with van der Waals surface area (Å²) < 4.78 is 29.1. The van der Waals surface area contributed by atoms with Crippen LogP contribution in [0.1, 0.15) is 54.4 Å². The Hall–Kier alpha value is -2.63. The Morgan fingerprint density at radius 2 is 1.85 bits per heavy atom. The van der Waals surface area contributed by atoms with Crippen molar-refractivity contribution < 1.29 is 13.2 Å². The summed E-state index contributed by atoms with van der Waals surface area (Å²) in [6.07, 6.45) is 2.83. The highest BCUT2D eigenvalue weighted by Gasteiger charge is 2.30. The molecule has 2 aliphatic heterocycles. The molecule has 1 unspecified atom stereocenters. The van der Waals surface area contributed by atoms with Crippen LogP contribution in [0.3, 0.4) is 0 Å². The predicted octanol–water partition coefficient (Wildman–Crippen LogP) is 6.46. The molecule has 10 heteroatoms. The Morgan fingerprint density at radius 3 is 2.58 bits per heavy atom. The molecule has 0 saturated carbocycles. The zero-order chi connectivity index (χ0) is 28.0. The molecule has 2 aliphatic rings. The number of fused-ring (bicyclic) bond motifs is 2. The Kier molecular flexibility index (Phi) is 7.56. The van der Waals surface area contributed by atoms with Crippen LogP contribution < -0.4 is 5.32 Å². The summed E-state index contributed by atoms with van der Waals surface area (Å²) in [4.78, 5) is 22.4. The number of amides is 1. The smallest absolute Gasteiger partial charge is 0.256 e. The third-order valence-corrected chi connectivity index (χ3v) is 12.0. The van der Waals surface area contributed by atoms with E-state index in [0.29, 0.717) is 30.6 Å². The molecule has 0 radical (unpaired) electrons. The van der Waals surface area contributed by atoms with Gasteiger partial charge in [-0.05, 0) is 81.0 Å². The van der Waals surface area contributed by atoms with Gasteiger partial charge in [-0.25, -0.2) is 13.4 Å². The Morgan fingerprint density at radius 1 is 1.07 bits per heavy atom. The van der Waals surface area contributed by atoms with E-state index >= 15 is 0 Å². The van der Waals surface area contributed by atoms with Gasteiger partial charge in [0, 0.05) is 48.2 Å². The molecule has 2 aromatic carbocycles. The van der Waals surface area contributed by atoms with Gasteiger partial charge in [0.1, 0.15) is 10.0 Å². The number of thiazole rings is 1. The van der Waals surface area contributed by atoms with E-state index < -0.39 is 10.0 Å². The van der Waals surface area contributed by atoms with E-state index in [0.717, 1.165) is 58.1 Å². The van der Waals surface area contributed by atoms with E-state index in [1.165, 1.54) is 10.4 Å². The van der Waals surface area contributed by atoms with Crippen molar-refractivity contribution in [2.24, 2.45) is 5.92 Å². The van der Waals surface area contributed by atoms with Crippen molar-refractivity contribution in [3.05, 3.63) is 64.5 Å². The molecule has 1 amide bonds. The number of aromatic nitrogens is 1. The minimum absolute atomic E-state index is 0.230. The number of carbonyl (C=O) groups excluding carboxylic acids is 1. The van der Waals surface area contributed by atoms with Crippen molar-refractivity contribution in [3.63, 3.8) is 0 Å². The maximum Gasteiger partial charge on any atom is 0.256 e.